The van der Waals surface area contributed by atoms with Crippen LogP contribution in [-0.4, -0.2) is 89.5 Å². The number of ether oxygens (including phenoxy) is 1. The predicted octanol–water partition coefficient (Wildman–Crippen LogP) is -2.10. The predicted molar refractivity (Wildman–Crippen MR) is 97.1 cm³/mol. The van der Waals surface area contributed by atoms with Gasteiger partial charge in [0.15, 0.2) is 6.10 Å². The van der Waals surface area contributed by atoms with Crippen molar-refractivity contribution in [3.63, 3.8) is 0 Å². The molecule has 0 unspecified atom stereocenters. The highest BCUT2D eigenvalue weighted by Gasteiger charge is 2.80. The van der Waals surface area contributed by atoms with Crippen LogP contribution in [0.3, 0.4) is 0 Å². The van der Waals surface area contributed by atoms with Crippen LogP contribution < -0.4 is 0 Å². The largest absolute Gasteiger partial charge is 0.460 e. The Bertz CT molecular complexity index is 727. The standard InChI is InChI=1S/C20H32O9/c1-7-11(22)12(23)13-18(3)9(17(2,27)6-8(21)14(18)24)5-10-19(13,4)20(7,28)15(25)16(26)29-10/h7-15,21-25,27-28H,5-6H2,1-4H3/t7-,8+,9-,10-,11-,12-,13+,14-,15+,17-,18+,19-,20+/m1/s1. The van der Waals surface area contributed by atoms with Crippen molar-refractivity contribution in [2.75, 3.05) is 0 Å². The van der Waals surface area contributed by atoms with Crippen molar-refractivity contribution < 1.29 is 45.3 Å². The Hall–Kier alpha value is -0.810. The minimum absolute atomic E-state index is 0.0661. The van der Waals surface area contributed by atoms with Gasteiger partial charge in [0, 0.05) is 29.1 Å². The lowest BCUT2D eigenvalue weighted by Crippen LogP contribution is -2.84. The number of aliphatic hydroxyl groups excluding tert-OH is 5. The molecule has 29 heavy (non-hydrogen) atoms. The highest BCUT2D eigenvalue weighted by Crippen LogP contribution is 2.70. The highest BCUT2D eigenvalue weighted by atomic mass is 16.6. The van der Waals surface area contributed by atoms with Gasteiger partial charge in [-0.1, -0.05) is 20.8 Å². The minimum atomic E-state index is -2.14. The molecule has 0 aromatic heterocycles. The van der Waals surface area contributed by atoms with Crippen LogP contribution in [0.2, 0.25) is 0 Å². The number of esters is 1. The summed E-state index contributed by atoms with van der Waals surface area (Å²) in [5.41, 5.74) is -6.39. The summed E-state index contributed by atoms with van der Waals surface area (Å²) in [6.45, 7) is 6.16. The van der Waals surface area contributed by atoms with Gasteiger partial charge >= 0.3 is 5.97 Å². The zero-order chi connectivity index (χ0) is 21.9. The van der Waals surface area contributed by atoms with Gasteiger partial charge in [-0.05, 0) is 19.3 Å². The molecule has 4 rings (SSSR count). The molecule has 1 heterocycles. The fourth-order valence-corrected chi connectivity index (χ4v) is 7.75. The van der Waals surface area contributed by atoms with E-state index in [-0.39, 0.29) is 12.8 Å². The summed E-state index contributed by atoms with van der Waals surface area (Å²) in [4.78, 5) is 12.4. The zero-order valence-corrected chi connectivity index (χ0v) is 17.1. The molecule has 1 aliphatic heterocycles. The molecule has 0 spiro atoms. The Morgan fingerprint density at radius 2 is 1.59 bits per heavy atom. The molecule has 0 aromatic carbocycles. The fraction of sp³-hybridized carbons (Fsp3) is 0.950. The third kappa shape index (κ3) is 2.17. The molecule has 0 amide bonds. The van der Waals surface area contributed by atoms with Crippen molar-refractivity contribution in [3.05, 3.63) is 0 Å². The molecular formula is C20H32O9. The van der Waals surface area contributed by atoms with E-state index in [0.717, 1.165) is 0 Å². The first-order valence-corrected chi connectivity index (χ1v) is 10.2. The van der Waals surface area contributed by atoms with Crippen LogP contribution in [0.5, 0.6) is 0 Å². The van der Waals surface area contributed by atoms with E-state index in [1.54, 1.807) is 13.8 Å². The first-order valence-electron chi connectivity index (χ1n) is 10.2. The normalized spacial score (nSPS) is 64.7. The van der Waals surface area contributed by atoms with Crippen molar-refractivity contribution in [1.29, 1.82) is 0 Å². The third-order valence-electron chi connectivity index (χ3n) is 9.22. The monoisotopic (exact) mass is 416 g/mol. The number of hydrogen-bond acceptors (Lipinski definition) is 9. The average Bonchev–Trinajstić information content (AvgIpc) is 2.63. The fourth-order valence-electron chi connectivity index (χ4n) is 7.75. The van der Waals surface area contributed by atoms with Crippen molar-refractivity contribution in [3.8, 4) is 0 Å². The topological polar surface area (TPSA) is 168 Å². The summed E-state index contributed by atoms with van der Waals surface area (Å²) in [6, 6.07) is 0. The van der Waals surface area contributed by atoms with Gasteiger partial charge in [0.1, 0.15) is 11.7 Å². The van der Waals surface area contributed by atoms with Crippen LogP contribution in [-0.2, 0) is 9.53 Å². The second kappa shape index (κ2) is 5.91. The lowest BCUT2D eigenvalue weighted by Gasteiger charge is -2.73. The van der Waals surface area contributed by atoms with Crippen molar-refractivity contribution in [1.82, 2.24) is 0 Å². The van der Waals surface area contributed by atoms with Gasteiger partial charge in [-0.2, -0.15) is 0 Å². The van der Waals surface area contributed by atoms with Crippen molar-refractivity contribution in [2.45, 2.75) is 88.4 Å². The molecule has 13 atom stereocenters. The maximum Gasteiger partial charge on any atom is 0.338 e. The second-order valence-corrected chi connectivity index (χ2v) is 10.4. The molecule has 7 N–H and O–H groups in total. The Labute approximate surface area is 168 Å². The highest BCUT2D eigenvalue weighted by molar-refractivity contribution is 5.78. The van der Waals surface area contributed by atoms with Crippen LogP contribution >= 0.6 is 0 Å². The maximum absolute atomic E-state index is 12.4. The molecule has 0 aromatic rings. The SMILES string of the molecule is C[C@@H]1[C@@H](O)[C@@H](O)[C@H]2[C@@]3(C)[C@H](O)[C@@H](O)C[C@@](C)(O)[C@H]3C[C@H]3OC(=O)[C@H](O)[C@]1(O)[C@]32C. The van der Waals surface area contributed by atoms with Gasteiger partial charge in [-0.3, -0.25) is 0 Å². The molecule has 166 valence electrons. The molecule has 0 bridgehead atoms. The van der Waals surface area contributed by atoms with Gasteiger partial charge in [0.25, 0.3) is 0 Å². The van der Waals surface area contributed by atoms with E-state index in [4.69, 9.17) is 4.74 Å². The number of carbonyl (C=O) groups is 1. The second-order valence-electron chi connectivity index (χ2n) is 10.4. The number of carbonyl (C=O) groups excluding carboxylic acids is 1. The van der Waals surface area contributed by atoms with Gasteiger partial charge in [-0.25, -0.2) is 4.79 Å². The molecule has 4 fully saturated rings. The lowest BCUT2D eigenvalue weighted by molar-refractivity contribution is -0.378. The molecule has 3 saturated carbocycles. The zero-order valence-electron chi connectivity index (χ0n) is 17.1. The molecular weight excluding hydrogens is 384 g/mol. The molecule has 0 radical (unpaired) electrons. The Balaban J connectivity index is 1.99. The number of rotatable bonds is 0. The number of fused-ring (bicyclic) bond motifs is 2. The van der Waals surface area contributed by atoms with Crippen LogP contribution in [0.1, 0.15) is 40.5 Å². The summed E-state index contributed by atoms with van der Waals surface area (Å²) in [5.74, 6) is -3.90. The van der Waals surface area contributed by atoms with E-state index >= 15 is 0 Å². The molecule has 1 saturated heterocycles. The van der Waals surface area contributed by atoms with Crippen LogP contribution in [0, 0.1) is 28.6 Å². The van der Waals surface area contributed by atoms with Crippen LogP contribution in [0.15, 0.2) is 0 Å². The quantitative estimate of drug-likeness (QED) is 0.219. The third-order valence-corrected chi connectivity index (χ3v) is 9.22. The molecule has 3 aliphatic carbocycles. The van der Waals surface area contributed by atoms with Gasteiger partial charge in [0.05, 0.1) is 30.0 Å². The van der Waals surface area contributed by atoms with Crippen LogP contribution in [0.4, 0.5) is 0 Å². The number of hydrogen-bond donors (Lipinski definition) is 7. The van der Waals surface area contributed by atoms with E-state index in [1.807, 2.05) is 0 Å². The Morgan fingerprint density at radius 3 is 2.17 bits per heavy atom. The van der Waals surface area contributed by atoms with Gasteiger partial charge in [-0.15, -0.1) is 0 Å². The first kappa shape index (κ1) is 21.4. The number of aliphatic hydroxyl groups is 7. The van der Waals surface area contributed by atoms with E-state index < -0.39 is 82.4 Å². The smallest absolute Gasteiger partial charge is 0.338 e. The van der Waals surface area contributed by atoms with Gasteiger partial charge < -0.3 is 40.5 Å². The van der Waals surface area contributed by atoms with Gasteiger partial charge in [0.2, 0.25) is 0 Å². The Morgan fingerprint density at radius 1 is 1.00 bits per heavy atom. The molecule has 9 nitrogen and oxygen atoms in total. The summed E-state index contributed by atoms with van der Waals surface area (Å²) in [6.07, 6.45) is -8.59. The average molecular weight is 416 g/mol. The van der Waals surface area contributed by atoms with Crippen LogP contribution in [0.25, 0.3) is 0 Å². The van der Waals surface area contributed by atoms with E-state index in [0.29, 0.717) is 0 Å². The maximum atomic E-state index is 12.4. The summed E-state index contributed by atoms with van der Waals surface area (Å²) in [5, 5.41) is 77.0. The van der Waals surface area contributed by atoms with E-state index in [9.17, 15) is 40.5 Å². The summed E-state index contributed by atoms with van der Waals surface area (Å²) in [7, 11) is 0. The Kier molecular flexibility index (Phi) is 4.36. The lowest BCUT2D eigenvalue weighted by atomic mass is 9.35. The van der Waals surface area contributed by atoms with Crippen molar-refractivity contribution >= 4 is 5.97 Å². The van der Waals surface area contributed by atoms with Crippen molar-refractivity contribution in [2.24, 2.45) is 28.6 Å². The minimum Gasteiger partial charge on any atom is -0.460 e. The molecule has 4 aliphatic rings. The molecule has 9 heteroatoms. The summed E-state index contributed by atoms with van der Waals surface area (Å²) < 4.78 is 5.49. The van der Waals surface area contributed by atoms with E-state index in [1.165, 1.54) is 13.8 Å². The first-order chi connectivity index (χ1) is 13.2. The summed E-state index contributed by atoms with van der Waals surface area (Å²) >= 11 is 0. The van der Waals surface area contributed by atoms with E-state index in [2.05, 4.69) is 0 Å².